The summed E-state index contributed by atoms with van der Waals surface area (Å²) in [6.45, 7) is 0.622. The van der Waals surface area contributed by atoms with Gasteiger partial charge in [0, 0.05) is 36.7 Å². The largest absolute Gasteiger partial charge is 0.481 e. The quantitative estimate of drug-likeness (QED) is 0.626. The van der Waals surface area contributed by atoms with Gasteiger partial charge in [-0.05, 0) is 23.8 Å². The van der Waals surface area contributed by atoms with Gasteiger partial charge in [-0.15, -0.1) is 11.8 Å². The zero-order valence-electron chi connectivity index (χ0n) is 12.9. The standard InChI is InChI=1S/C16H15N3O4S/c1-23-14-7-4-12(10-17-14)15(20)18-8-9-24-16(18)11-2-5-13(6-3-11)19(21)22/h2-7,10,16H,8-9H2,1H3. The maximum absolute atomic E-state index is 12.7. The molecular weight excluding hydrogens is 330 g/mol. The molecule has 8 heteroatoms. The van der Waals surface area contributed by atoms with Crippen molar-refractivity contribution in [1.82, 2.24) is 9.88 Å². The van der Waals surface area contributed by atoms with Crippen molar-refractivity contribution in [2.75, 3.05) is 19.4 Å². The third kappa shape index (κ3) is 3.18. The van der Waals surface area contributed by atoms with Gasteiger partial charge in [0.2, 0.25) is 5.88 Å². The van der Waals surface area contributed by atoms with Crippen molar-refractivity contribution < 1.29 is 14.5 Å². The molecule has 2 aromatic rings. The van der Waals surface area contributed by atoms with Crippen LogP contribution in [0.25, 0.3) is 0 Å². The normalized spacial score (nSPS) is 16.9. The van der Waals surface area contributed by atoms with Gasteiger partial charge in [-0.1, -0.05) is 0 Å². The molecule has 1 aliphatic heterocycles. The van der Waals surface area contributed by atoms with Crippen LogP contribution in [0.1, 0.15) is 21.3 Å². The molecule has 1 saturated heterocycles. The number of pyridine rings is 1. The molecule has 0 radical (unpaired) electrons. The van der Waals surface area contributed by atoms with E-state index < -0.39 is 4.92 Å². The summed E-state index contributed by atoms with van der Waals surface area (Å²) >= 11 is 1.64. The first-order valence-corrected chi connectivity index (χ1v) is 8.32. The number of nitro groups is 1. The van der Waals surface area contributed by atoms with E-state index in [1.165, 1.54) is 25.4 Å². The van der Waals surface area contributed by atoms with E-state index >= 15 is 0 Å². The SMILES string of the molecule is COc1ccc(C(=O)N2CCSC2c2ccc([N+](=O)[O-])cc2)cn1. The van der Waals surface area contributed by atoms with Crippen LogP contribution in [0.15, 0.2) is 42.6 Å². The second-order valence-corrected chi connectivity index (χ2v) is 6.35. The highest BCUT2D eigenvalue weighted by Crippen LogP contribution is 2.39. The van der Waals surface area contributed by atoms with Crippen molar-refractivity contribution in [3.8, 4) is 5.88 Å². The first kappa shape index (κ1) is 16.3. The number of methoxy groups -OCH3 is 1. The van der Waals surface area contributed by atoms with Crippen LogP contribution in [0.3, 0.4) is 0 Å². The second kappa shape index (κ2) is 6.88. The Morgan fingerprint density at radius 1 is 1.33 bits per heavy atom. The second-order valence-electron chi connectivity index (χ2n) is 5.16. The molecule has 1 aromatic heterocycles. The molecule has 124 valence electrons. The summed E-state index contributed by atoms with van der Waals surface area (Å²) in [5, 5.41) is 10.6. The third-order valence-corrected chi connectivity index (χ3v) is 4.99. The summed E-state index contributed by atoms with van der Waals surface area (Å²) < 4.78 is 5.00. The minimum Gasteiger partial charge on any atom is -0.481 e. The molecule has 1 atom stereocenters. The Hall–Kier alpha value is -2.61. The average molecular weight is 345 g/mol. The molecule has 0 N–H and O–H groups in total. The van der Waals surface area contributed by atoms with Crippen molar-refractivity contribution in [3.05, 3.63) is 63.8 Å². The van der Waals surface area contributed by atoms with Crippen molar-refractivity contribution in [1.29, 1.82) is 0 Å². The zero-order chi connectivity index (χ0) is 17.1. The molecule has 24 heavy (non-hydrogen) atoms. The summed E-state index contributed by atoms with van der Waals surface area (Å²) in [4.78, 5) is 28.9. The number of ether oxygens (including phenoxy) is 1. The number of thioether (sulfide) groups is 1. The van der Waals surface area contributed by atoms with Crippen LogP contribution < -0.4 is 4.74 Å². The Morgan fingerprint density at radius 3 is 2.67 bits per heavy atom. The number of hydrogen-bond acceptors (Lipinski definition) is 6. The van der Waals surface area contributed by atoms with E-state index in [9.17, 15) is 14.9 Å². The minimum atomic E-state index is -0.433. The fraction of sp³-hybridized carbons (Fsp3) is 0.250. The number of benzene rings is 1. The van der Waals surface area contributed by atoms with Crippen LogP contribution in [0.2, 0.25) is 0 Å². The molecule has 1 unspecified atom stereocenters. The van der Waals surface area contributed by atoms with Gasteiger partial charge >= 0.3 is 0 Å². The van der Waals surface area contributed by atoms with Gasteiger partial charge in [0.15, 0.2) is 0 Å². The molecule has 1 aromatic carbocycles. The van der Waals surface area contributed by atoms with Crippen LogP contribution in [0, 0.1) is 10.1 Å². The van der Waals surface area contributed by atoms with Crippen LogP contribution in [-0.2, 0) is 0 Å². The molecule has 0 bridgehead atoms. The number of hydrogen-bond donors (Lipinski definition) is 0. The molecule has 1 aliphatic rings. The molecule has 2 heterocycles. The summed E-state index contributed by atoms with van der Waals surface area (Å²) in [6, 6.07) is 9.67. The van der Waals surface area contributed by atoms with Crippen LogP contribution in [0.5, 0.6) is 5.88 Å². The number of amides is 1. The molecule has 0 aliphatic carbocycles. The Bertz CT molecular complexity index is 749. The first-order valence-electron chi connectivity index (χ1n) is 7.27. The zero-order valence-corrected chi connectivity index (χ0v) is 13.7. The van der Waals surface area contributed by atoms with Gasteiger partial charge in [-0.25, -0.2) is 4.98 Å². The van der Waals surface area contributed by atoms with E-state index in [-0.39, 0.29) is 17.0 Å². The van der Waals surface area contributed by atoms with E-state index in [1.54, 1.807) is 40.9 Å². The van der Waals surface area contributed by atoms with Gasteiger partial charge in [-0.3, -0.25) is 14.9 Å². The van der Waals surface area contributed by atoms with E-state index in [1.807, 2.05) is 0 Å². The highest BCUT2D eigenvalue weighted by molar-refractivity contribution is 7.99. The summed E-state index contributed by atoms with van der Waals surface area (Å²) in [7, 11) is 1.52. The number of nitro benzene ring substituents is 1. The molecule has 3 rings (SSSR count). The average Bonchev–Trinajstić information content (AvgIpc) is 3.11. The topological polar surface area (TPSA) is 85.6 Å². The maximum Gasteiger partial charge on any atom is 0.269 e. The van der Waals surface area contributed by atoms with Crippen molar-refractivity contribution in [2.45, 2.75) is 5.37 Å². The summed E-state index contributed by atoms with van der Waals surface area (Å²) in [5.74, 6) is 1.16. The van der Waals surface area contributed by atoms with Gasteiger partial charge in [0.25, 0.3) is 11.6 Å². The number of carbonyl (C=O) groups excluding carboxylic acids is 1. The lowest BCUT2D eigenvalue weighted by atomic mass is 10.1. The van der Waals surface area contributed by atoms with Crippen molar-refractivity contribution in [2.24, 2.45) is 0 Å². The van der Waals surface area contributed by atoms with E-state index in [2.05, 4.69) is 4.98 Å². The van der Waals surface area contributed by atoms with Crippen LogP contribution >= 0.6 is 11.8 Å². The van der Waals surface area contributed by atoms with E-state index in [0.717, 1.165) is 11.3 Å². The predicted molar refractivity (Wildman–Crippen MR) is 90.1 cm³/mol. The minimum absolute atomic E-state index is 0.0407. The van der Waals surface area contributed by atoms with Crippen molar-refractivity contribution >= 4 is 23.4 Å². The fourth-order valence-corrected chi connectivity index (χ4v) is 3.76. The van der Waals surface area contributed by atoms with Crippen LogP contribution in [0.4, 0.5) is 5.69 Å². The van der Waals surface area contributed by atoms with Gasteiger partial charge in [-0.2, -0.15) is 0 Å². The molecule has 7 nitrogen and oxygen atoms in total. The molecular formula is C16H15N3O4S. The Labute approximate surface area is 142 Å². The number of aromatic nitrogens is 1. The molecule has 1 amide bonds. The Balaban J connectivity index is 1.81. The summed E-state index contributed by atoms with van der Waals surface area (Å²) in [5.41, 5.74) is 1.40. The Kier molecular flexibility index (Phi) is 4.66. The highest BCUT2D eigenvalue weighted by Gasteiger charge is 2.31. The number of nitrogens with zero attached hydrogens (tertiary/aromatic N) is 3. The van der Waals surface area contributed by atoms with E-state index in [4.69, 9.17) is 4.74 Å². The number of carbonyl (C=O) groups is 1. The lowest BCUT2D eigenvalue weighted by molar-refractivity contribution is -0.384. The van der Waals surface area contributed by atoms with Crippen LogP contribution in [-0.4, -0.2) is 40.1 Å². The maximum atomic E-state index is 12.7. The molecule has 0 saturated carbocycles. The van der Waals surface area contributed by atoms with Crippen molar-refractivity contribution in [3.63, 3.8) is 0 Å². The first-order chi connectivity index (χ1) is 11.6. The molecule has 0 spiro atoms. The lowest BCUT2D eigenvalue weighted by Crippen LogP contribution is -2.30. The number of rotatable bonds is 4. The van der Waals surface area contributed by atoms with E-state index in [0.29, 0.717) is 18.0 Å². The fourth-order valence-electron chi connectivity index (χ4n) is 2.51. The number of non-ortho nitro benzene ring substituents is 1. The summed E-state index contributed by atoms with van der Waals surface area (Å²) in [6.07, 6.45) is 1.50. The van der Waals surface area contributed by atoms with Gasteiger partial charge in [0.05, 0.1) is 17.6 Å². The lowest BCUT2D eigenvalue weighted by Gasteiger charge is -2.24. The Morgan fingerprint density at radius 2 is 2.08 bits per heavy atom. The monoisotopic (exact) mass is 345 g/mol. The smallest absolute Gasteiger partial charge is 0.269 e. The predicted octanol–water partition coefficient (Wildman–Crippen LogP) is 2.89. The van der Waals surface area contributed by atoms with Gasteiger partial charge in [0.1, 0.15) is 5.37 Å². The third-order valence-electron chi connectivity index (χ3n) is 3.73. The highest BCUT2D eigenvalue weighted by atomic mass is 32.2. The van der Waals surface area contributed by atoms with Gasteiger partial charge < -0.3 is 9.64 Å². The molecule has 1 fully saturated rings.